The SMILES string of the molecule is CN=C(NCC(C)C)NCC(C)Oc1cccc(F)c1.I. The molecule has 4 nitrogen and oxygen atoms in total. The third kappa shape index (κ3) is 8.75. The fraction of sp³-hybridized carbons (Fsp3) is 0.533. The molecule has 1 atom stereocenters. The number of rotatable bonds is 6. The number of nitrogens with one attached hydrogen (secondary N) is 2. The van der Waals surface area contributed by atoms with Crippen LogP contribution in [0.15, 0.2) is 29.3 Å². The van der Waals surface area contributed by atoms with Gasteiger partial charge in [0.2, 0.25) is 0 Å². The van der Waals surface area contributed by atoms with Gasteiger partial charge >= 0.3 is 0 Å². The van der Waals surface area contributed by atoms with Crippen molar-refractivity contribution in [2.75, 3.05) is 20.1 Å². The quantitative estimate of drug-likeness (QED) is 0.432. The molecule has 0 heterocycles. The Bertz CT molecular complexity index is 441. The van der Waals surface area contributed by atoms with Crippen LogP contribution in [-0.2, 0) is 0 Å². The summed E-state index contributed by atoms with van der Waals surface area (Å²) in [6.45, 7) is 7.65. The molecule has 2 N–H and O–H groups in total. The third-order valence-corrected chi connectivity index (χ3v) is 2.59. The van der Waals surface area contributed by atoms with Gasteiger partial charge in [-0.25, -0.2) is 4.39 Å². The van der Waals surface area contributed by atoms with Crippen LogP contribution < -0.4 is 15.4 Å². The fourth-order valence-electron chi connectivity index (χ4n) is 1.58. The predicted octanol–water partition coefficient (Wildman–Crippen LogP) is 3.03. The van der Waals surface area contributed by atoms with Crippen LogP contribution in [0.2, 0.25) is 0 Å². The van der Waals surface area contributed by atoms with Crippen molar-refractivity contribution in [2.24, 2.45) is 10.9 Å². The second kappa shape index (κ2) is 10.6. The number of benzene rings is 1. The first-order valence-electron chi connectivity index (χ1n) is 6.88. The minimum absolute atomic E-state index is 0. The number of nitrogens with zero attached hydrogens (tertiary/aromatic N) is 1. The number of ether oxygens (including phenoxy) is 1. The Morgan fingerprint density at radius 2 is 1.90 bits per heavy atom. The van der Waals surface area contributed by atoms with Gasteiger partial charge in [0.25, 0.3) is 0 Å². The molecule has 0 amide bonds. The number of hydrogen-bond acceptors (Lipinski definition) is 2. The Morgan fingerprint density at radius 1 is 1.24 bits per heavy atom. The highest BCUT2D eigenvalue weighted by Crippen LogP contribution is 2.13. The Labute approximate surface area is 143 Å². The monoisotopic (exact) mass is 409 g/mol. The molecule has 1 aromatic carbocycles. The van der Waals surface area contributed by atoms with Crippen LogP contribution in [0, 0.1) is 11.7 Å². The van der Waals surface area contributed by atoms with Gasteiger partial charge in [-0.2, -0.15) is 0 Å². The van der Waals surface area contributed by atoms with Crippen molar-refractivity contribution >= 4 is 29.9 Å². The van der Waals surface area contributed by atoms with E-state index in [-0.39, 0.29) is 35.9 Å². The standard InChI is InChI=1S/C15H24FN3O.HI/c1-11(2)9-18-15(17-4)19-10-12(3)20-14-7-5-6-13(16)8-14;/h5-8,11-12H,9-10H2,1-4H3,(H2,17,18,19);1H. The van der Waals surface area contributed by atoms with E-state index in [1.165, 1.54) is 12.1 Å². The summed E-state index contributed by atoms with van der Waals surface area (Å²) in [7, 11) is 1.73. The van der Waals surface area contributed by atoms with Crippen molar-refractivity contribution in [3.8, 4) is 5.75 Å². The summed E-state index contributed by atoms with van der Waals surface area (Å²) in [5, 5.41) is 6.40. The van der Waals surface area contributed by atoms with Crippen molar-refractivity contribution in [2.45, 2.75) is 26.9 Å². The minimum atomic E-state index is -0.294. The first-order chi connectivity index (χ1) is 9.51. The molecule has 0 aromatic heterocycles. The smallest absolute Gasteiger partial charge is 0.191 e. The normalized spacial score (nSPS) is 12.6. The summed E-state index contributed by atoms with van der Waals surface area (Å²) >= 11 is 0. The highest BCUT2D eigenvalue weighted by Gasteiger charge is 2.06. The van der Waals surface area contributed by atoms with Gasteiger partial charge in [-0.05, 0) is 25.0 Å². The van der Waals surface area contributed by atoms with E-state index in [2.05, 4.69) is 29.5 Å². The Kier molecular flexibility index (Phi) is 10.1. The van der Waals surface area contributed by atoms with Gasteiger partial charge in [0.15, 0.2) is 5.96 Å². The van der Waals surface area contributed by atoms with Crippen molar-refractivity contribution in [1.82, 2.24) is 10.6 Å². The second-order valence-electron chi connectivity index (χ2n) is 5.11. The van der Waals surface area contributed by atoms with Crippen LogP contribution in [-0.4, -0.2) is 32.2 Å². The molecule has 0 aliphatic carbocycles. The van der Waals surface area contributed by atoms with E-state index in [0.717, 1.165) is 12.5 Å². The van der Waals surface area contributed by atoms with E-state index >= 15 is 0 Å². The molecule has 0 aliphatic rings. The van der Waals surface area contributed by atoms with Crippen LogP contribution in [0.5, 0.6) is 5.75 Å². The minimum Gasteiger partial charge on any atom is -0.489 e. The van der Waals surface area contributed by atoms with E-state index in [1.807, 2.05) is 6.92 Å². The first-order valence-corrected chi connectivity index (χ1v) is 6.88. The maximum Gasteiger partial charge on any atom is 0.191 e. The largest absolute Gasteiger partial charge is 0.489 e. The number of aliphatic imine (C=N–C) groups is 1. The topological polar surface area (TPSA) is 45.7 Å². The van der Waals surface area contributed by atoms with Crippen molar-refractivity contribution in [3.05, 3.63) is 30.1 Å². The fourth-order valence-corrected chi connectivity index (χ4v) is 1.58. The highest BCUT2D eigenvalue weighted by atomic mass is 127. The Hall–Kier alpha value is -1.05. The lowest BCUT2D eigenvalue weighted by molar-refractivity contribution is 0.223. The molecule has 0 radical (unpaired) electrons. The van der Waals surface area contributed by atoms with Gasteiger partial charge in [0.05, 0.1) is 6.54 Å². The number of guanidine groups is 1. The van der Waals surface area contributed by atoms with Crippen LogP contribution in [0.3, 0.4) is 0 Å². The first kappa shape index (κ1) is 19.9. The summed E-state index contributed by atoms with van der Waals surface area (Å²) in [5.74, 6) is 1.53. The zero-order valence-corrected chi connectivity index (χ0v) is 15.4. The lowest BCUT2D eigenvalue weighted by Gasteiger charge is -2.18. The molecule has 0 saturated heterocycles. The van der Waals surface area contributed by atoms with Gasteiger partial charge in [-0.3, -0.25) is 4.99 Å². The average molecular weight is 409 g/mol. The molecule has 1 aromatic rings. The van der Waals surface area contributed by atoms with E-state index < -0.39 is 0 Å². The van der Waals surface area contributed by atoms with Gasteiger partial charge in [-0.1, -0.05) is 19.9 Å². The maximum absolute atomic E-state index is 13.0. The molecular weight excluding hydrogens is 384 g/mol. The maximum atomic E-state index is 13.0. The second-order valence-corrected chi connectivity index (χ2v) is 5.11. The molecule has 6 heteroatoms. The molecular formula is C15H25FIN3O. The molecule has 0 saturated carbocycles. The lowest BCUT2D eigenvalue weighted by Crippen LogP contribution is -2.42. The van der Waals surface area contributed by atoms with E-state index in [9.17, 15) is 4.39 Å². The van der Waals surface area contributed by atoms with Crippen LogP contribution in [0.1, 0.15) is 20.8 Å². The molecule has 0 spiro atoms. The Balaban J connectivity index is 0.00000400. The molecule has 0 aliphatic heterocycles. The zero-order valence-electron chi connectivity index (χ0n) is 13.0. The van der Waals surface area contributed by atoms with Crippen LogP contribution in [0.4, 0.5) is 4.39 Å². The van der Waals surface area contributed by atoms with E-state index in [4.69, 9.17) is 4.74 Å². The van der Waals surface area contributed by atoms with Crippen molar-refractivity contribution in [3.63, 3.8) is 0 Å². The van der Waals surface area contributed by atoms with E-state index in [0.29, 0.717) is 18.2 Å². The van der Waals surface area contributed by atoms with Crippen molar-refractivity contribution in [1.29, 1.82) is 0 Å². The lowest BCUT2D eigenvalue weighted by atomic mass is 10.2. The summed E-state index contributed by atoms with van der Waals surface area (Å²) in [6.07, 6.45) is -0.0885. The van der Waals surface area contributed by atoms with Gasteiger partial charge in [0, 0.05) is 19.7 Å². The van der Waals surface area contributed by atoms with Crippen LogP contribution >= 0.6 is 24.0 Å². The molecule has 21 heavy (non-hydrogen) atoms. The third-order valence-electron chi connectivity index (χ3n) is 2.59. The zero-order chi connectivity index (χ0) is 15.0. The summed E-state index contributed by atoms with van der Waals surface area (Å²) in [5.41, 5.74) is 0. The average Bonchev–Trinajstić information content (AvgIpc) is 2.38. The van der Waals surface area contributed by atoms with Crippen molar-refractivity contribution < 1.29 is 9.13 Å². The van der Waals surface area contributed by atoms with Gasteiger partial charge in [-0.15, -0.1) is 24.0 Å². The van der Waals surface area contributed by atoms with E-state index in [1.54, 1.807) is 19.2 Å². The summed E-state index contributed by atoms with van der Waals surface area (Å²) in [6, 6.07) is 6.15. The molecule has 1 unspecified atom stereocenters. The predicted molar refractivity (Wildman–Crippen MR) is 96.1 cm³/mol. The molecule has 1 rings (SSSR count). The number of halogens is 2. The Morgan fingerprint density at radius 3 is 2.48 bits per heavy atom. The highest BCUT2D eigenvalue weighted by molar-refractivity contribution is 14.0. The number of hydrogen-bond donors (Lipinski definition) is 2. The van der Waals surface area contributed by atoms with Crippen LogP contribution in [0.25, 0.3) is 0 Å². The molecule has 120 valence electrons. The molecule has 0 bridgehead atoms. The van der Waals surface area contributed by atoms with Gasteiger partial charge in [0.1, 0.15) is 17.7 Å². The molecule has 0 fully saturated rings. The summed E-state index contributed by atoms with van der Waals surface area (Å²) in [4.78, 5) is 4.13. The van der Waals surface area contributed by atoms with Gasteiger partial charge < -0.3 is 15.4 Å². The summed E-state index contributed by atoms with van der Waals surface area (Å²) < 4.78 is 18.7.